The van der Waals surface area contributed by atoms with Crippen LogP contribution in [0, 0.1) is 5.82 Å². The van der Waals surface area contributed by atoms with Crippen molar-refractivity contribution in [1.29, 1.82) is 0 Å². The zero-order valence-electron chi connectivity index (χ0n) is 15.0. The van der Waals surface area contributed by atoms with Gasteiger partial charge in [-0.2, -0.15) is 0 Å². The fraction of sp³-hybridized carbons (Fsp3) is 0.474. The molecule has 0 aliphatic carbocycles. The van der Waals surface area contributed by atoms with E-state index in [0.29, 0.717) is 24.0 Å². The maximum atomic E-state index is 13.7. The van der Waals surface area contributed by atoms with Gasteiger partial charge in [-0.1, -0.05) is 12.1 Å². The number of nitrogens with zero attached hydrogens (tertiary/aromatic N) is 2. The molecule has 0 saturated carbocycles. The number of para-hydroxylation sites is 1. The molecule has 3 N–H and O–H groups in total. The number of fused-ring (bicyclic) bond motifs is 1. The molecule has 2 aliphatic heterocycles. The van der Waals surface area contributed by atoms with Crippen LogP contribution in [0.25, 0.3) is 11.0 Å². The van der Waals surface area contributed by atoms with Gasteiger partial charge < -0.3 is 20.4 Å². The summed E-state index contributed by atoms with van der Waals surface area (Å²) in [4.78, 5) is 28.7. The fourth-order valence-corrected chi connectivity index (χ4v) is 3.94. The van der Waals surface area contributed by atoms with Gasteiger partial charge in [0.2, 0.25) is 5.91 Å². The highest BCUT2D eigenvalue weighted by Gasteiger charge is 2.30. The predicted molar refractivity (Wildman–Crippen MR) is 97.4 cm³/mol. The van der Waals surface area contributed by atoms with E-state index >= 15 is 0 Å². The average molecular weight is 374 g/mol. The lowest BCUT2D eigenvalue weighted by molar-refractivity contribution is -0.132. The summed E-state index contributed by atoms with van der Waals surface area (Å²) in [5.41, 5.74) is 6.36. The number of hydrogen-bond acceptors (Lipinski definition) is 5. The standard InChI is InChI=1S/C19H23FN4O3/c20-15-4-1-3-13-14(11-27-18(13)15)19(26)22-12-6-8-23(9-12)10-17(25)24-7-2-5-16(24)21/h1,3-4,11-12,16H,2,5-10,21H2,(H,22,26)/t12-,16-/m0/s1. The second kappa shape index (κ2) is 7.28. The SMILES string of the molecule is N[C@@H]1CCCN1C(=O)CN1CC[C@H](NC(=O)c2coc3c(F)cccc23)C1. The second-order valence-corrected chi connectivity index (χ2v) is 7.26. The Hall–Kier alpha value is -2.45. The van der Waals surface area contributed by atoms with Crippen molar-refractivity contribution in [3.05, 3.63) is 35.8 Å². The van der Waals surface area contributed by atoms with Crippen LogP contribution in [-0.2, 0) is 4.79 Å². The number of carbonyl (C=O) groups is 2. The Bertz CT molecular complexity index is 868. The number of furan rings is 1. The minimum absolute atomic E-state index is 0.0447. The summed E-state index contributed by atoms with van der Waals surface area (Å²) in [6, 6.07) is 4.45. The predicted octanol–water partition coefficient (Wildman–Crippen LogP) is 1.28. The molecular weight excluding hydrogens is 351 g/mol. The highest BCUT2D eigenvalue weighted by Crippen LogP contribution is 2.24. The van der Waals surface area contributed by atoms with Gasteiger partial charge in [0.25, 0.3) is 5.91 Å². The highest BCUT2D eigenvalue weighted by molar-refractivity contribution is 6.06. The molecule has 144 valence electrons. The Kier molecular flexibility index (Phi) is 4.84. The number of hydrogen-bond donors (Lipinski definition) is 2. The lowest BCUT2D eigenvalue weighted by atomic mass is 10.1. The molecule has 3 heterocycles. The number of halogens is 1. The Labute approximate surface area is 156 Å². The summed E-state index contributed by atoms with van der Waals surface area (Å²) in [7, 11) is 0. The number of nitrogens with one attached hydrogen (secondary N) is 1. The summed E-state index contributed by atoms with van der Waals surface area (Å²) in [6.07, 6.45) is 3.67. The molecule has 2 aromatic rings. The van der Waals surface area contributed by atoms with Crippen molar-refractivity contribution in [2.45, 2.75) is 31.5 Å². The molecule has 1 aromatic carbocycles. The number of likely N-dealkylation sites (tertiary alicyclic amines) is 2. The van der Waals surface area contributed by atoms with E-state index in [1.165, 1.54) is 12.3 Å². The zero-order chi connectivity index (χ0) is 19.0. The van der Waals surface area contributed by atoms with Crippen molar-refractivity contribution >= 4 is 22.8 Å². The topological polar surface area (TPSA) is 91.8 Å². The second-order valence-electron chi connectivity index (χ2n) is 7.26. The van der Waals surface area contributed by atoms with Crippen molar-refractivity contribution < 1.29 is 18.4 Å². The maximum Gasteiger partial charge on any atom is 0.255 e. The van der Waals surface area contributed by atoms with Gasteiger partial charge in [-0.15, -0.1) is 0 Å². The van der Waals surface area contributed by atoms with Crippen LogP contribution in [0.1, 0.15) is 29.6 Å². The third kappa shape index (κ3) is 3.54. The van der Waals surface area contributed by atoms with Crippen LogP contribution >= 0.6 is 0 Å². The van der Waals surface area contributed by atoms with E-state index in [1.807, 2.05) is 4.90 Å². The van der Waals surface area contributed by atoms with Crippen LogP contribution in [0.2, 0.25) is 0 Å². The first-order valence-electron chi connectivity index (χ1n) is 9.27. The minimum atomic E-state index is -0.489. The normalized spacial score (nSPS) is 23.3. The molecule has 2 fully saturated rings. The first-order valence-corrected chi connectivity index (χ1v) is 9.27. The largest absolute Gasteiger partial charge is 0.460 e. The molecule has 1 aromatic heterocycles. The van der Waals surface area contributed by atoms with Crippen LogP contribution in [-0.4, -0.2) is 60.0 Å². The first-order chi connectivity index (χ1) is 13.0. The van der Waals surface area contributed by atoms with Gasteiger partial charge in [0.1, 0.15) is 6.26 Å². The van der Waals surface area contributed by atoms with Gasteiger partial charge in [-0.05, 0) is 25.3 Å². The highest BCUT2D eigenvalue weighted by atomic mass is 19.1. The smallest absolute Gasteiger partial charge is 0.255 e. The van der Waals surface area contributed by atoms with Crippen molar-refractivity contribution in [2.24, 2.45) is 5.73 Å². The Morgan fingerprint density at radius 3 is 2.93 bits per heavy atom. The van der Waals surface area contributed by atoms with E-state index in [1.54, 1.807) is 17.0 Å². The van der Waals surface area contributed by atoms with E-state index in [2.05, 4.69) is 5.32 Å². The molecule has 0 spiro atoms. The van der Waals surface area contributed by atoms with Crippen LogP contribution in [0.4, 0.5) is 4.39 Å². The molecule has 27 heavy (non-hydrogen) atoms. The summed E-state index contributed by atoms with van der Waals surface area (Å²) >= 11 is 0. The van der Waals surface area contributed by atoms with Gasteiger partial charge in [0, 0.05) is 31.1 Å². The average Bonchev–Trinajstić information content (AvgIpc) is 3.35. The quantitative estimate of drug-likeness (QED) is 0.841. The lowest BCUT2D eigenvalue weighted by Crippen LogP contribution is -2.46. The van der Waals surface area contributed by atoms with E-state index in [0.717, 1.165) is 32.4 Å². The molecule has 2 aliphatic rings. The van der Waals surface area contributed by atoms with Gasteiger partial charge in [0.15, 0.2) is 11.4 Å². The Balaban J connectivity index is 1.34. The van der Waals surface area contributed by atoms with E-state index in [9.17, 15) is 14.0 Å². The molecule has 2 atom stereocenters. The molecule has 4 rings (SSSR count). The number of benzene rings is 1. The molecule has 2 saturated heterocycles. The number of nitrogens with two attached hydrogens (primary N) is 1. The zero-order valence-corrected chi connectivity index (χ0v) is 15.0. The monoisotopic (exact) mass is 374 g/mol. The molecule has 0 unspecified atom stereocenters. The van der Waals surface area contributed by atoms with Crippen LogP contribution in [0.3, 0.4) is 0 Å². The number of carbonyl (C=O) groups excluding carboxylic acids is 2. The number of amides is 2. The van der Waals surface area contributed by atoms with Crippen LogP contribution < -0.4 is 11.1 Å². The van der Waals surface area contributed by atoms with E-state index < -0.39 is 5.82 Å². The van der Waals surface area contributed by atoms with Gasteiger partial charge >= 0.3 is 0 Å². The first kappa shape index (κ1) is 17.9. The van der Waals surface area contributed by atoms with Crippen molar-refractivity contribution in [3.8, 4) is 0 Å². The lowest BCUT2D eigenvalue weighted by Gasteiger charge is -2.24. The molecular formula is C19H23FN4O3. The van der Waals surface area contributed by atoms with Crippen LogP contribution in [0.5, 0.6) is 0 Å². The van der Waals surface area contributed by atoms with Crippen molar-refractivity contribution in [2.75, 3.05) is 26.2 Å². The third-order valence-electron chi connectivity index (χ3n) is 5.38. The van der Waals surface area contributed by atoms with Crippen molar-refractivity contribution in [1.82, 2.24) is 15.1 Å². The van der Waals surface area contributed by atoms with E-state index in [4.69, 9.17) is 10.2 Å². The van der Waals surface area contributed by atoms with E-state index in [-0.39, 0.29) is 29.6 Å². The van der Waals surface area contributed by atoms with Gasteiger partial charge in [0.05, 0.1) is 18.3 Å². The molecule has 2 amide bonds. The minimum Gasteiger partial charge on any atom is -0.460 e. The molecule has 0 radical (unpaired) electrons. The fourth-order valence-electron chi connectivity index (χ4n) is 3.94. The summed E-state index contributed by atoms with van der Waals surface area (Å²) in [5.74, 6) is -0.736. The molecule has 7 nitrogen and oxygen atoms in total. The van der Waals surface area contributed by atoms with Crippen molar-refractivity contribution in [3.63, 3.8) is 0 Å². The Morgan fingerprint density at radius 2 is 2.15 bits per heavy atom. The number of rotatable bonds is 4. The third-order valence-corrected chi connectivity index (χ3v) is 5.38. The summed E-state index contributed by atoms with van der Waals surface area (Å²) in [6.45, 7) is 2.38. The molecule has 0 bridgehead atoms. The Morgan fingerprint density at radius 1 is 1.30 bits per heavy atom. The van der Waals surface area contributed by atoms with Crippen LogP contribution in [0.15, 0.2) is 28.9 Å². The van der Waals surface area contributed by atoms with Gasteiger partial charge in [-0.25, -0.2) is 4.39 Å². The molecule has 8 heteroatoms. The van der Waals surface area contributed by atoms with Gasteiger partial charge in [-0.3, -0.25) is 14.5 Å². The maximum absolute atomic E-state index is 13.7. The summed E-state index contributed by atoms with van der Waals surface area (Å²) < 4.78 is 18.9. The summed E-state index contributed by atoms with van der Waals surface area (Å²) in [5, 5.41) is 3.42.